The average molecular weight is 492 g/mol. The molecule has 5 aliphatic rings. The summed E-state index contributed by atoms with van der Waals surface area (Å²) in [5.41, 5.74) is 10.2. The molecule has 6 atom stereocenters. The van der Waals surface area contributed by atoms with Gasteiger partial charge < -0.3 is 10.1 Å². The van der Waals surface area contributed by atoms with E-state index in [0.29, 0.717) is 29.8 Å². The van der Waals surface area contributed by atoms with Gasteiger partial charge in [0.1, 0.15) is 5.01 Å². The van der Waals surface area contributed by atoms with Crippen molar-refractivity contribution in [3.05, 3.63) is 52.0 Å². The second kappa shape index (κ2) is 8.78. The largest absolute Gasteiger partial charge is 0.379 e. The molecular weight excluding hydrogens is 458 g/mol. The number of nitrogens with zero attached hydrogens (tertiary/aromatic N) is 2. The van der Waals surface area contributed by atoms with Crippen molar-refractivity contribution in [3.8, 4) is 0 Å². The van der Waals surface area contributed by atoms with Gasteiger partial charge >= 0.3 is 0 Å². The van der Waals surface area contributed by atoms with Gasteiger partial charge in [0, 0.05) is 36.2 Å². The Kier molecular flexibility index (Phi) is 5.55. The summed E-state index contributed by atoms with van der Waals surface area (Å²) >= 11 is 1.75. The Hall–Kier alpha value is -2.10. The molecule has 35 heavy (non-hydrogen) atoms. The molecule has 2 aromatic rings. The molecule has 1 aromatic carbocycles. The van der Waals surface area contributed by atoms with Crippen molar-refractivity contribution < 1.29 is 9.53 Å². The molecule has 7 rings (SSSR count). The Balaban J connectivity index is 0.968. The lowest BCUT2D eigenvalue weighted by molar-refractivity contribution is -0.118. The number of carbonyl (C=O) groups excluding carboxylic acids is 1. The molecular formula is C27H33N5O2S. The van der Waals surface area contributed by atoms with E-state index in [0.717, 1.165) is 57.1 Å². The number of aromatic nitrogens is 1. The topological polar surface area (TPSA) is 78.5 Å². The fourth-order valence-electron chi connectivity index (χ4n) is 7.08. The van der Waals surface area contributed by atoms with Crippen LogP contribution in [-0.2, 0) is 21.5 Å². The zero-order valence-electron chi connectivity index (χ0n) is 19.9. The number of amides is 1. The van der Waals surface area contributed by atoms with Crippen LogP contribution in [0.15, 0.2) is 35.7 Å². The summed E-state index contributed by atoms with van der Waals surface area (Å²) in [6.45, 7) is 4.55. The van der Waals surface area contributed by atoms with E-state index in [-0.39, 0.29) is 11.3 Å². The molecule has 0 bridgehead atoms. The van der Waals surface area contributed by atoms with Crippen LogP contribution in [0.2, 0.25) is 0 Å². The minimum absolute atomic E-state index is 0.223. The summed E-state index contributed by atoms with van der Waals surface area (Å²) in [4.78, 5) is 20.2. The van der Waals surface area contributed by atoms with Crippen LogP contribution in [-0.4, -0.2) is 54.2 Å². The predicted octanol–water partition coefficient (Wildman–Crippen LogP) is 3.16. The van der Waals surface area contributed by atoms with Gasteiger partial charge in [-0.2, -0.15) is 0 Å². The van der Waals surface area contributed by atoms with Crippen molar-refractivity contribution in [2.75, 3.05) is 31.6 Å². The number of para-hydroxylation sites is 1. The van der Waals surface area contributed by atoms with Crippen molar-refractivity contribution in [1.29, 1.82) is 0 Å². The predicted molar refractivity (Wildman–Crippen MR) is 137 cm³/mol. The van der Waals surface area contributed by atoms with Crippen molar-refractivity contribution in [1.82, 2.24) is 20.7 Å². The van der Waals surface area contributed by atoms with Crippen LogP contribution >= 0.6 is 11.3 Å². The van der Waals surface area contributed by atoms with Gasteiger partial charge in [-0.15, -0.1) is 11.3 Å². The molecule has 3 N–H and O–H groups in total. The van der Waals surface area contributed by atoms with Gasteiger partial charge in [-0.1, -0.05) is 24.3 Å². The van der Waals surface area contributed by atoms with E-state index in [1.807, 2.05) is 12.1 Å². The molecule has 7 nitrogen and oxygen atoms in total. The normalized spacial score (nSPS) is 36.5. The van der Waals surface area contributed by atoms with Gasteiger partial charge in [0.15, 0.2) is 0 Å². The summed E-state index contributed by atoms with van der Waals surface area (Å²) in [6.07, 6.45) is 9.03. The first kappa shape index (κ1) is 22.1. The Morgan fingerprint density at radius 2 is 2.09 bits per heavy atom. The van der Waals surface area contributed by atoms with Gasteiger partial charge in [-0.25, -0.2) is 4.98 Å². The first-order chi connectivity index (χ1) is 17.2. The van der Waals surface area contributed by atoms with Crippen LogP contribution in [0.5, 0.6) is 0 Å². The number of anilines is 1. The maximum absolute atomic E-state index is 12.9. The lowest BCUT2D eigenvalue weighted by atomic mass is 9.73. The van der Waals surface area contributed by atoms with Gasteiger partial charge in [0.05, 0.1) is 30.9 Å². The fraction of sp³-hybridized carbons (Fsp3) is 0.556. The summed E-state index contributed by atoms with van der Waals surface area (Å²) in [7, 11) is 0. The Labute approximate surface area is 210 Å². The molecule has 184 valence electrons. The number of hydrogen-bond donors (Lipinski definition) is 3. The van der Waals surface area contributed by atoms with Crippen molar-refractivity contribution in [3.63, 3.8) is 0 Å². The summed E-state index contributed by atoms with van der Waals surface area (Å²) in [6, 6.07) is 9.07. The van der Waals surface area contributed by atoms with Gasteiger partial charge in [0.2, 0.25) is 5.91 Å². The molecule has 3 aliphatic heterocycles. The number of thiazole rings is 1. The van der Waals surface area contributed by atoms with Crippen LogP contribution in [0.3, 0.4) is 0 Å². The van der Waals surface area contributed by atoms with Crippen molar-refractivity contribution >= 4 is 29.0 Å². The number of rotatable bonds is 5. The third kappa shape index (κ3) is 3.86. The molecule has 1 spiro atoms. The number of benzene rings is 1. The zero-order chi connectivity index (χ0) is 23.4. The van der Waals surface area contributed by atoms with Gasteiger partial charge in [-0.3, -0.25) is 20.5 Å². The van der Waals surface area contributed by atoms with Crippen LogP contribution in [0.25, 0.3) is 6.08 Å². The molecule has 2 aliphatic carbocycles. The lowest BCUT2D eigenvalue weighted by Crippen LogP contribution is -2.37. The van der Waals surface area contributed by atoms with E-state index in [1.54, 1.807) is 11.3 Å². The van der Waals surface area contributed by atoms with Crippen molar-refractivity contribution in [2.45, 2.75) is 49.7 Å². The molecule has 8 heteroatoms. The smallest absolute Gasteiger partial charge is 0.235 e. The second-order valence-electron chi connectivity index (χ2n) is 10.9. The average Bonchev–Trinajstić information content (AvgIpc) is 3.12. The minimum atomic E-state index is -0.261. The maximum Gasteiger partial charge on any atom is 0.235 e. The van der Waals surface area contributed by atoms with Crippen LogP contribution in [0, 0.1) is 17.8 Å². The van der Waals surface area contributed by atoms with Gasteiger partial charge in [-0.05, 0) is 61.1 Å². The lowest BCUT2D eigenvalue weighted by Gasteiger charge is -2.33. The third-order valence-electron chi connectivity index (χ3n) is 8.99. The SMILES string of the molecule is O=C1Nc2ccccc2[C@]12C[C@H]2C1CCC2C(/C=C/c3csc(CN4CCOCC4)n3)NNC2C1. The van der Waals surface area contributed by atoms with E-state index in [4.69, 9.17) is 9.72 Å². The van der Waals surface area contributed by atoms with Crippen LogP contribution < -0.4 is 16.2 Å². The Bertz CT molecular complexity index is 1140. The molecule has 4 heterocycles. The first-order valence-corrected chi connectivity index (χ1v) is 13.9. The quantitative estimate of drug-likeness (QED) is 0.597. The number of hydrogen-bond acceptors (Lipinski definition) is 7. The first-order valence-electron chi connectivity index (χ1n) is 13.1. The van der Waals surface area contributed by atoms with Crippen LogP contribution in [0.1, 0.15) is 41.9 Å². The highest BCUT2D eigenvalue weighted by Crippen LogP contribution is 2.64. The number of carbonyl (C=O) groups is 1. The molecule has 2 saturated heterocycles. The summed E-state index contributed by atoms with van der Waals surface area (Å²) in [5, 5.41) is 6.49. The Morgan fingerprint density at radius 3 is 3.00 bits per heavy atom. The Morgan fingerprint density at radius 1 is 1.20 bits per heavy atom. The number of ether oxygens (including phenoxy) is 1. The van der Waals surface area contributed by atoms with Crippen LogP contribution in [0.4, 0.5) is 5.69 Å². The molecule has 4 fully saturated rings. The summed E-state index contributed by atoms with van der Waals surface area (Å²) in [5.74, 6) is 1.89. The number of morpholine rings is 1. The highest BCUT2D eigenvalue weighted by Gasteiger charge is 2.67. The number of hydrazine groups is 1. The second-order valence-corrected chi connectivity index (χ2v) is 11.8. The maximum atomic E-state index is 12.9. The monoisotopic (exact) mass is 491 g/mol. The summed E-state index contributed by atoms with van der Waals surface area (Å²) < 4.78 is 5.45. The molecule has 2 saturated carbocycles. The number of fused-ring (bicyclic) bond motifs is 3. The third-order valence-corrected chi connectivity index (χ3v) is 9.84. The highest BCUT2D eigenvalue weighted by molar-refractivity contribution is 7.09. The highest BCUT2D eigenvalue weighted by atomic mass is 32.1. The van der Waals surface area contributed by atoms with E-state index in [9.17, 15) is 4.79 Å². The standard InChI is InChI=1S/C27H33N5O2S/c33-26-27(20-3-1-2-4-23(20)29-26)14-21(27)17-5-7-19-22(30-31-24(19)13-17)8-6-18-16-35-25(28-18)15-32-9-11-34-12-10-32/h1-4,6,8,16-17,19,21-22,24,30-31H,5,7,9-15H2,(H,29,33)/b8-6+/t17?,19?,21-,22?,24?,27-/m0/s1. The zero-order valence-corrected chi connectivity index (χ0v) is 20.7. The molecule has 0 radical (unpaired) electrons. The van der Waals surface area contributed by atoms with Gasteiger partial charge in [0.25, 0.3) is 0 Å². The fourth-order valence-corrected chi connectivity index (χ4v) is 7.88. The van der Waals surface area contributed by atoms with E-state index >= 15 is 0 Å². The van der Waals surface area contributed by atoms with E-state index < -0.39 is 0 Å². The van der Waals surface area contributed by atoms with E-state index in [1.165, 1.54) is 23.4 Å². The number of nitrogens with one attached hydrogen (secondary N) is 3. The minimum Gasteiger partial charge on any atom is -0.379 e. The van der Waals surface area contributed by atoms with Crippen molar-refractivity contribution in [2.24, 2.45) is 17.8 Å². The molecule has 4 unspecified atom stereocenters. The molecule has 1 amide bonds. The van der Waals surface area contributed by atoms with E-state index in [2.05, 4.69) is 50.7 Å². The molecule has 1 aromatic heterocycles.